The van der Waals surface area contributed by atoms with Crippen LogP contribution >= 0.6 is 11.6 Å². The molecule has 206 valence electrons. The summed E-state index contributed by atoms with van der Waals surface area (Å²) in [6.45, 7) is 1.55. The Morgan fingerprint density at radius 1 is 1.13 bits per heavy atom. The van der Waals surface area contributed by atoms with Gasteiger partial charge in [0.25, 0.3) is 0 Å². The van der Waals surface area contributed by atoms with Crippen LogP contribution in [-0.2, 0) is 37.9 Å². The molecular weight excluding hydrogens is 538 g/mol. The van der Waals surface area contributed by atoms with Gasteiger partial charge in [0.1, 0.15) is 15.3 Å². The topological polar surface area (TPSA) is 99.9 Å². The summed E-state index contributed by atoms with van der Waals surface area (Å²) in [5.74, 6) is 0.338. The van der Waals surface area contributed by atoms with Gasteiger partial charge in [-0.1, -0.05) is 29.8 Å². The van der Waals surface area contributed by atoms with E-state index in [1.807, 2.05) is 53.4 Å². The summed E-state index contributed by atoms with van der Waals surface area (Å²) in [6, 6.07) is 15.4. The zero-order chi connectivity index (χ0) is 27.5. The predicted octanol–water partition coefficient (Wildman–Crippen LogP) is 3.52. The lowest BCUT2D eigenvalue weighted by molar-refractivity contribution is -0.146. The second kappa shape index (κ2) is 9.64. The van der Waals surface area contributed by atoms with Gasteiger partial charge in [-0.25, -0.2) is 8.42 Å². The number of rotatable bonds is 8. The van der Waals surface area contributed by atoms with Gasteiger partial charge in [-0.15, -0.1) is 0 Å². The zero-order valence-electron chi connectivity index (χ0n) is 21.8. The van der Waals surface area contributed by atoms with Gasteiger partial charge in [-0.2, -0.15) is 0 Å². The van der Waals surface area contributed by atoms with Gasteiger partial charge in [0.2, 0.25) is 11.8 Å². The average Bonchev–Trinajstić information content (AvgIpc) is 3.28. The Balaban J connectivity index is 1.26. The number of para-hydroxylation sites is 1. The Morgan fingerprint density at radius 2 is 1.87 bits per heavy atom. The minimum Gasteiger partial charge on any atom is -0.393 e. The number of halogens is 1. The molecule has 0 bridgehead atoms. The minimum absolute atomic E-state index is 0.0159. The van der Waals surface area contributed by atoms with Crippen molar-refractivity contribution in [1.29, 1.82) is 0 Å². The molecule has 0 radical (unpaired) electrons. The van der Waals surface area contributed by atoms with E-state index in [1.165, 1.54) is 6.26 Å². The summed E-state index contributed by atoms with van der Waals surface area (Å²) < 4.78 is 25.6. The fraction of sp³-hybridized carbons (Fsp3) is 0.448. The number of sulfone groups is 1. The Labute approximate surface area is 233 Å². The summed E-state index contributed by atoms with van der Waals surface area (Å²) in [6.07, 6.45) is 3.17. The van der Waals surface area contributed by atoms with Crippen molar-refractivity contribution in [2.75, 3.05) is 30.0 Å². The lowest BCUT2D eigenvalue weighted by atomic mass is 9.73. The number of nitrogens with zero attached hydrogens (tertiary/aromatic N) is 3. The normalized spacial score (nSPS) is 21.8. The number of aliphatic hydroxyl groups is 1. The van der Waals surface area contributed by atoms with Crippen molar-refractivity contribution in [3.8, 4) is 0 Å². The van der Waals surface area contributed by atoms with Crippen LogP contribution in [0.1, 0.15) is 36.9 Å². The van der Waals surface area contributed by atoms with E-state index >= 15 is 0 Å². The molecule has 1 spiro atoms. The molecule has 2 aromatic carbocycles. The lowest BCUT2D eigenvalue weighted by Gasteiger charge is -2.47. The lowest BCUT2D eigenvalue weighted by Crippen LogP contribution is -2.65. The number of amides is 2. The Morgan fingerprint density at radius 3 is 2.59 bits per heavy atom. The molecule has 1 N–H and O–H groups in total. The highest BCUT2D eigenvalue weighted by atomic mass is 35.5. The molecule has 1 aromatic heterocycles. The number of hydrogen-bond acceptors (Lipinski definition) is 5. The van der Waals surface area contributed by atoms with Gasteiger partial charge >= 0.3 is 0 Å². The average molecular weight is 570 g/mol. The summed E-state index contributed by atoms with van der Waals surface area (Å²) in [5, 5.41) is 11.1. The van der Waals surface area contributed by atoms with Crippen molar-refractivity contribution in [2.24, 2.45) is 5.92 Å². The predicted molar refractivity (Wildman–Crippen MR) is 151 cm³/mol. The molecule has 3 aromatic rings. The molecule has 3 heterocycles. The first-order valence-corrected chi connectivity index (χ1v) is 15.8. The Bertz CT molecular complexity index is 1570. The van der Waals surface area contributed by atoms with E-state index in [4.69, 9.17) is 11.6 Å². The summed E-state index contributed by atoms with van der Waals surface area (Å²) >= 11 is 6.26. The molecule has 1 aliphatic carbocycles. The Hall–Kier alpha value is -2.88. The van der Waals surface area contributed by atoms with E-state index in [-0.39, 0.29) is 29.6 Å². The maximum atomic E-state index is 14.0. The number of hydrogen-bond donors (Lipinski definition) is 1. The standard InChI is InChI=1S/C29H32ClN3O5S/c1-39(37,38)10-4-9-32-22(15-20-14-21(30)7-8-25(20)32)16-33-26-6-3-2-5-24(26)29(28(33)36)17-31(18-29)27(35)13-19-11-23(34)12-19/h2-3,5-8,14-15,19,23,34H,4,9-13,16-18H2,1H3. The molecule has 0 unspecified atom stereocenters. The SMILES string of the molecule is CS(=O)(=O)CCCn1c(CN2C(=O)C3(CN(C(=O)CC4CC(O)C4)C3)c3ccccc32)cc2cc(Cl)ccc21. The first kappa shape index (κ1) is 26.3. The van der Waals surface area contributed by atoms with Gasteiger partial charge in [0.15, 0.2) is 0 Å². The molecule has 2 fully saturated rings. The highest BCUT2D eigenvalue weighted by Crippen LogP contribution is 2.48. The summed E-state index contributed by atoms with van der Waals surface area (Å²) in [4.78, 5) is 30.5. The van der Waals surface area contributed by atoms with Crippen molar-refractivity contribution >= 4 is 49.8 Å². The van der Waals surface area contributed by atoms with E-state index in [1.54, 1.807) is 4.90 Å². The number of carbonyl (C=O) groups excluding carboxylic acids is 2. The van der Waals surface area contributed by atoms with Crippen LogP contribution in [0.25, 0.3) is 10.9 Å². The summed E-state index contributed by atoms with van der Waals surface area (Å²) in [5.41, 5.74) is 2.89. The number of anilines is 1. The molecule has 1 saturated heterocycles. The molecule has 2 aliphatic heterocycles. The molecule has 2 amide bonds. The van der Waals surface area contributed by atoms with E-state index in [9.17, 15) is 23.1 Å². The van der Waals surface area contributed by atoms with Crippen LogP contribution in [0.4, 0.5) is 5.69 Å². The van der Waals surface area contributed by atoms with Crippen LogP contribution in [0.15, 0.2) is 48.5 Å². The molecule has 6 rings (SSSR count). The van der Waals surface area contributed by atoms with Crippen LogP contribution in [0.5, 0.6) is 0 Å². The van der Waals surface area contributed by atoms with Crippen LogP contribution in [0.3, 0.4) is 0 Å². The molecule has 3 aliphatic rings. The van der Waals surface area contributed by atoms with Gasteiger partial charge < -0.3 is 19.5 Å². The first-order valence-electron chi connectivity index (χ1n) is 13.4. The second-order valence-corrected chi connectivity index (χ2v) is 14.1. The van der Waals surface area contributed by atoms with Gasteiger partial charge in [-0.05, 0) is 61.1 Å². The van der Waals surface area contributed by atoms with Crippen LogP contribution in [-0.4, -0.2) is 66.0 Å². The monoisotopic (exact) mass is 569 g/mol. The van der Waals surface area contributed by atoms with Crippen molar-refractivity contribution < 1.29 is 23.1 Å². The van der Waals surface area contributed by atoms with Crippen molar-refractivity contribution in [3.63, 3.8) is 0 Å². The third kappa shape index (κ3) is 4.74. The number of likely N-dealkylation sites (tertiary alicyclic amines) is 1. The summed E-state index contributed by atoms with van der Waals surface area (Å²) in [7, 11) is -3.10. The van der Waals surface area contributed by atoms with Crippen LogP contribution in [0.2, 0.25) is 5.02 Å². The van der Waals surface area contributed by atoms with Crippen molar-refractivity contribution in [2.45, 2.75) is 50.3 Å². The number of aryl methyl sites for hydroxylation is 1. The molecule has 1 saturated carbocycles. The number of fused-ring (bicyclic) bond motifs is 3. The molecular formula is C29H32ClN3O5S. The number of aromatic nitrogens is 1. The number of benzene rings is 2. The zero-order valence-corrected chi connectivity index (χ0v) is 23.4. The maximum Gasteiger partial charge on any atom is 0.241 e. The Kier molecular flexibility index (Phi) is 6.51. The fourth-order valence-corrected chi connectivity index (χ4v) is 7.26. The van der Waals surface area contributed by atoms with Gasteiger partial charge in [0.05, 0.1) is 18.4 Å². The van der Waals surface area contributed by atoms with Crippen molar-refractivity contribution in [1.82, 2.24) is 9.47 Å². The smallest absolute Gasteiger partial charge is 0.241 e. The van der Waals surface area contributed by atoms with E-state index in [2.05, 4.69) is 4.57 Å². The molecule has 0 atom stereocenters. The largest absolute Gasteiger partial charge is 0.393 e. The first-order chi connectivity index (χ1) is 18.5. The third-order valence-electron chi connectivity index (χ3n) is 8.48. The van der Waals surface area contributed by atoms with Gasteiger partial charge in [0, 0.05) is 59.6 Å². The fourth-order valence-electron chi connectivity index (χ4n) is 6.42. The molecule has 8 nitrogen and oxygen atoms in total. The van der Waals surface area contributed by atoms with E-state index in [0.29, 0.717) is 56.9 Å². The quantitative estimate of drug-likeness (QED) is 0.447. The molecule has 10 heteroatoms. The maximum absolute atomic E-state index is 14.0. The van der Waals surface area contributed by atoms with Crippen molar-refractivity contribution in [3.05, 3.63) is 64.8 Å². The second-order valence-electron chi connectivity index (χ2n) is 11.4. The number of carbonyl (C=O) groups is 2. The molecule has 39 heavy (non-hydrogen) atoms. The van der Waals surface area contributed by atoms with Crippen LogP contribution in [0, 0.1) is 5.92 Å². The highest BCUT2D eigenvalue weighted by Gasteiger charge is 2.59. The van der Waals surface area contributed by atoms with Gasteiger partial charge in [-0.3, -0.25) is 9.59 Å². The third-order valence-corrected chi connectivity index (χ3v) is 9.74. The number of aliphatic hydroxyl groups excluding tert-OH is 1. The van der Waals surface area contributed by atoms with E-state index in [0.717, 1.165) is 27.8 Å². The highest BCUT2D eigenvalue weighted by molar-refractivity contribution is 7.90. The van der Waals surface area contributed by atoms with Crippen LogP contribution < -0.4 is 4.90 Å². The minimum atomic E-state index is -3.10. The van der Waals surface area contributed by atoms with E-state index < -0.39 is 15.3 Å².